The Labute approximate surface area is 220 Å². The molecule has 3 aromatic rings. The van der Waals surface area contributed by atoms with E-state index in [1.165, 1.54) is 42.6 Å². The second kappa shape index (κ2) is 12.2. The zero-order valence-electron chi connectivity index (χ0n) is 20.3. The highest BCUT2D eigenvalue weighted by Crippen LogP contribution is 2.25. The van der Waals surface area contributed by atoms with Crippen molar-refractivity contribution in [2.24, 2.45) is 5.92 Å². The van der Waals surface area contributed by atoms with E-state index < -0.39 is 28.1 Å². The Morgan fingerprint density at radius 1 is 1.11 bits per heavy atom. The monoisotopic (exact) mass is 551 g/mol. The van der Waals surface area contributed by atoms with Gasteiger partial charge in [-0.3, -0.25) is 9.59 Å². The summed E-state index contributed by atoms with van der Waals surface area (Å²) in [4.78, 5) is 26.3. The number of halogens is 1. The molecule has 0 aliphatic carbocycles. The average molecular weight is 552 g/mol. The van der Waals surface area contributed by atoms with Crippen molar-refractivity contribution >= 4 is 54.9 Å². The molecule has 0 saturated heterocycles. The number of likely N-dealkylation sites (N-methyl/N-ethyl adjacent to an activating group) is 1. The van der Waals surface area contributed by atoms with Gasteiger partial charge < -0.3 is 15.7 Å². The van der Waals surface area contributed by atoms with Crippen LogP contribution < -0.4 is 10.6 Å². The number of sulfonamides is 1. The van der Waals surface area contributed by atoms with E-state index >= 15 is 0 Å². The standard InChI is InChI=1S/C25H30ClN3O5S2/c1-16(2)12-21(28-25(32)23-13-17-6-4-5-7-22(17)35-23)24(31)27-14-19(30)15-29(3)36(33,34)20-10-8-18(26)9-11-20/h4-11,13,16,19,21,30H,12,14-15H2,1-3H3,(H,27,31)(H,28,32)/t19-,21+/m1/s1. The number of aliphatic hydroxyl groups is 1. The Bertz CT molecular complexity index is 1280. The predicted octanol–water partition coefficient (Wildman–Crippen LogP) is 3.50. The Morgan fingerprint density at radius 3 is 2.42 bits per heavy atom. The van der Waals surface area contributed by atoms with Crippen molar-refractivity contribution in [1.29, 1.82) is 0 Å². The van der Waals surface area contributed by atoms with Gasteiger partial charge in [0.05, 0.1) is 15.9 Å². The van der Waals surface area contributed by atoms with Gasteiger partial charge in [0.1, 0.15) is 6.04 Å². The zero-order valence-corrected chi connectivity index (χ0v) is 22.7. The quantitative estimate of drug-likeness (QED) is 0.337. The van der Waals surface area contributed by atoms with Crippen LogP contribution in [-0.2, 0) is 14.8 Å². The number of hydrogen-bond acceptors (Lipinski definition) is 6. The van der Waals surface area contributed by atoms with E-state index in [4.69, 9.17) is 11.6 Å². The average Bonchev–Trinajstić information content (AvgIpc) is 3.26. The van der Waals surface area contributed by atoms with Crippen LogP contribution in [0.25, 0.3) is 10.1 Å². The number of rotatable bonds is 11. The predicted molar refractivity (Wildman–Crippen MR) is 143 cm³/mol. The van der Waals surface area contributed by atoms with Crippen LogP contribution >= 0.6 is 22.9 Å². The van der Waals surface area contributed by atoms with Crippen molar-refractivity contribution in [3.8, 4) is 0 Å². The van der Waals surface area contributed by atoms with Crippen LogP contribution in [0.3, 0.4) is 0 Å². The Balaban J connectivity index is 1.59. The molecule has 2 aromatic carbocycles. The van der Waals surface area contributed by atoms with Gasteiger partial charge in [0.25, 0.3) is 5.91 Å². The molecule has 0 spiro atoms. The summed E-state index contributed by atoms with van der Waals surface area (Å²) in [6, 6.07) is 14.4. The van der Waals surface area contributed by atoms with E-state index in [-0.39, 0.29) is 29.8 Å². The van der Waals surface area contributed by atoms with Crippen LogP contribution in [0, 0.1) is 5.92 Å². The number of hydrogen-bond donors (Lipinski definition) is 3. The summed E-state index contributed by atoms with van der Waals surface area (Å²) in [5, 5.41) is 17.2. The van der Waals surface area contributed by atoms with Gasteiger partial charge in [0, 0.05) is 29.9 Å². The molecule has 1 aromatic heterocycles. The molecule has 0 aliphatic heterocycles. The molecule has 0 unspecified atom stereocenters. The lowest BCUT2D eigenvalue weighted by Gasteiger charge is -2.23. The number of fused-ring (bicyclic) bond motifs is 1. The SMILES string of the molecule is CC(C)C[C@H](NC(=O)c1cc2ccccc2s1)C(=O)NC[C@@H](O)CN(C)S(=O)(=O)c1ccc(Cl)cc1. The Morgan fingerprint density at radius 2 is 1.78 bits per heavy atom. The third kappa shape index (κ3) is 7.27. The molecule has 11 heteroatoms. The molecule has 0 radical (unpaired) electrons. The van der Waals surface area contributed by atoms with Gasteiger partial charge in [-0.1, -0.05) is 43.6 Å². The maximum atomic E-state index is 12.9. The molecule has 0 bridgehead atoms. The number of amides is 2. The lowest BCUT2D eigenvalue weighted by atomic mass is 10.0. The van der Waals surface area contributed by atoms with Crippen LogP contribution in [0.2, 0.25) is 5.02 Å². The third-order valence-electron chi connectivity index (χ3n) is 5.48. The van der Waals surface area contributed by atoms with Crippen molar-refractivity contribution < 1.29 is 23.1 Å². The lowest BCUT2D eigenvalue weighted by Crippen LogP contribution is -2.50. The molecule has 1 heterocycles. The molecule has 8 nitrogen and oxygen atoms in total. The fourth-order valence-electron chi connectivity index (χ4n) is 3.61. The minimum Gasteiger partial charge on any atom is -0.390 e. The van der Waals surface area contributed by atoms with Gasteiger partial charge in [0.15, 0.2) is 0 Å². The highest BCUT2D eigenvalue weighted by molar-refractivity contribution is 7.89. The molecule has 0 aliphatic rings. The molecule has 0 saturated carbocycles. The number of carbonyl (C=O) groups excluding carboxylic acids is 2. The van der Waals surface area contributed by atoms with Crippen LogP contribution in [0.5, 0.6) is 0 Å². The van der Waals surface area contributed by atoms with Crippen LogP contribution in [0.15, 0.2) is 59.5 Å². The molecule has 36 heavy (non-hydrogen) atoms. The van der Waals surface area contributed by atoms with Gasteiger partial charge in [-0.25, -0.2) is 8.42 Å². The van der Waals surface area contributed by atoms with E-state index in [1.54, 1.807) is 6.07 Å². The van der Waals surface area contributed by atoms with E-state index in [2.05, 4.69) is 10.6 Å². The summed E-state index contributed by atoms with van der Waals surface area (Å²) < 4.78 is 27.4. The summed E-state index contributed by atoms with van der Waals surface area (Å²) >= 11 is 7.17. The Kier molecular flexibility index (Phi) is 9.48. The first-order valence-electron chi connectivity index (χ1n) is 11.4. The van der Waals surface area contributed by atoms with Crippen LogP contribution in [-0.4, -0.2) is 61.9 Å². The third-order valence-corrected chi connectivity index (χ3v) is 8.68. The van der Waals surface area contributed by atoms with Crippen LogP contribution in [0.4, 0.5) is 0 Å². The number of carbonyl (C=O) groups is 2. The van der Waals surface area contributed by atoms with E-state index in [1.807, 2.05) is 38.1 Å². The fourth-order valence-corrected chi connectivity index (χ4v) is 5.91. The summed E-state index contributed by atoms with van der Waals surface area (Å²) in [6.07, 6.45) is -0.748. The van der Waals surface area contributed by atoms with Gasteiger partial charge in [-0.2, -0.15) is 4.31 Å². The summed E-state index contributed by atoms with van der Waals surface area (Å²) in [6.45, 7) is 3.48. The second-order valence-electron chi connectivity index (χ2n) is 8.94. The van der Waals surface area contributed by atoms with E-state index in [9.17, 15) is 23.1 Å². The number of nitrogens with one attached hydrogen (secondary N) is 2. The number of aliphatic hydroxyl groups excluding tert-OH is 1. The summed E-state index contributed by atoms with van der Waals surface area (Å²) in [5.74, 6) is -0.657. The summed E-state index contributed by atoms with van der Waals surface area (Å²) in [7, 11) is -2.48. The minimum absolute atomic E-state index is 0.0478. The van der Waals surface area contributed by atoms with Crippen molar-refractivity contribution in [2.45, 2.75) is 37.3 Å². The number of thiophene rings is 1. The van der Waals surface area contributed by atoms with Crippen molar-refractivity contribution in [2.75, 3.05) is 20.1 Å². The highest BCUT2D eigenvalue weighted by atomic mass is 35.5. The molecule has 0 fully saturated rings. The smallest absolute Gasteiger partial charge is 0.262 e. The molecule has 194 valence electrons. The van der Waals surface area contributed by atoms with Gasteiger partial charge in [0.2, 0.25) is 15.9 Å². The van der Waals surface area contributed by atoms with Crippen molar-refractivity contribution in [3.63, 3.8) is 0 Å². The van der Waals surface area contributed by atoms with Crippen molar-refractivity contribution in [1.82, 2.24) is 14.9 Å². The minimum atomic E-state index is -3.83. The van der Waals surface area contributed by atoms with E-state index in [0.717, 1.165) is 14.4 Å². The maximum Gasteiger partial charge on any atom is 0.262 e. The zero-order chi connectivity index (χ0) is 26.5. The largest absolute Gasteiger partial charge is 0.390 e. The molecule has 2 amide bonds. The maximum absolute atomic E-state index is 12.9. The lowest BCUT2D eigenvalue weighted by molar-refractivity contribution is -0.123. The number of nitrogens with zero attached hydrogens (tertiary/aromatic N) is 1. The van der Waals surface area contributed by atoms with E-state index in [0.29, 0.717) is 16.3 Å². The molecular weight excluding hydrogens is 522 g/mol. The van der Waals surface area contributed by atoms with Crippen molar-refractivity contribution in [3.05, 3.63) is 64.5 Å². The van der Waals surface area contributed by atoms with Crippen LogP contribution in [0.1, 0.15) is 29.9 Å². The highest BCUT2D eigenvalue weighted by Gasteiger charge is 2.26. The Hall–Kier alpha value is -2.50. The first-order valence-corrected chi connectivity index (χ1v) is 14.1. The molecule has 2 atom stereocenters. The van der Waals surface area contributed by atoms with Gasteiger partial charge in [-0.05, 0) is 54.1 Å². The first-order chi connectivity index (χ1) is 17.0. The van der Waals surface area contributed by atoms with Gasteiger partial charge >= 0.3 is 0 Å². The normalized spacial score (nSPS) is 13.6. The molecular formula is C25H30ClN3O5S2. The van der Waals surface area contributed by atoms with Gasteiger partial charge in [-0.15, -0.1) is 11.3 Å². The molecule has 3 rings (SSSR count). The summed E-state index contributed by atoms with van der Waals surface area (Å²) in [5.41, 5.74) is 0. The second-order valence-corrected chi connectivity index (χ2v) is 12.5. The number of benzene rings is 2. The fraction of sp³-hybridized carbons (Fsp3) is 0.360. The molecule has 3 N–H and O–H groups in total. The topological polar surface area (TPSA) is 116 Å². The first kappa shape index (κ1) is 28.1.